The average Bonchev–Trinajstić information content (AvgIpc) is 2.61. The van der Waals surface area contributed by atoms with Crippen molar-refractivity contribution in [2.75, 3.05) is 19.6 Å². The molecule has 1 heterocycles. The number of nitrogens with zero attached hydrogens (tertiary/aromatic N) is 1. The van der Waals surface area contributed by atoms with Crippen LogP contribution in [0.5, 0.6) is 0 Å². The molecule has 78 valence electrons. The van der Waals surface area contributed by atoms with Crippen molar-refractivity contribution >= 4 is 0 Å². The van der Waals surface area contributed by atoms with E-state index in [1.807, 2.05) is 0 Å². The van der Waals surface area contributed by atoms with Gasteiger partial charge in [0.1, 0.15) is 0 Å². The van der Waals surface area contributed by atoms with Crippen molar-refractivity contribution in [3.63, 3.8) is 0 Å². The Balaban J connectivity index is 2.19. The Labute approximate surface area is 80.9 Å². The highest BCUT2D eigenvalue weighted by atomic mass is 16.3. The first-order chi connectivity index (χ1) is 6.27. The van der Waals surface area contributed by atoms with Crippen LogP contribution in [0.15, 0.2) is 0 Å². The first-order valence-electron chi connectivity index (χ1n) is 5.40. The van der Waals surface area contributed by atoms with Crippen LogP contribution in [0.3, 0.4) is 0 Å². The summed E-state index contributed by atoms with van der Waals surface area (Å²) in [5.41, 5.74) is 5.36. The molecule has 0 spiro atoms. The van der Waals surface area contributed by atoms with E-state index in [2.05, 4.69) is 11.8 Å². The molecular formula is C10H22N2O. The van der Waals surface area contributed by atoms with Crippen molar-refractivity contribution in [2.24, 2.45) is 5.73 Å². The summed E-state index contributed by atoms with van der Waals surface area (Å²) in [6.07, 6.45) is 4.40. The third kappa shape index (κ3) is 3.25. The molecule has 0 aromatic heterocycles. The maximum Gasteiger partial charge on any atom is 0.0674 e. The molecule has 1 aliphatic heterocycles. The van der Waals surface area contributed by atoms with Gasteiger partial charge in [-0.2, -0.15) is 0 Å². The van der Waals surface area contributed by atoms with Gasteiger partial charge in [0.15, 0.2) is 0 Å². The van der Waals surface area contributed by atoms with Gasteiger partial charge < -0.3 is 15.7 Å². The molecule has 0 aromatic rings. The normalized spacial score (nSPS) is 26.5. The van der Waals surface area contributed by atoms with Gasteiger partial charge in [-0.05, 0) is 32.2 Å². The Kier molecular flexibility index (Phi) is 4.70. The van der Waals surface area contributed by atoms with Crippen LogP contribution in [0.2, 0.25) is 0 Å². The highest BCUT2D eigenvalue weighted by Gasteiger charge is 2.22. The maximum absolute atomic E-state index is 9.33. The van der Waals surface area contributed by atoms with Gasteiger partial charge in [-0.15, -0.1) is 0 Å². The Hall–Kier alpha value is -0.120. The van der Waals surface area contributed by atoms with Crippen molar-refractivity contribution in [1.29, 1.82) is 0 Å². The molecule has 1 rings (SSSR count). The molecule has 3 nitrogen and oxygen atoms in total. The third-order valence-corrected chi connectivity index (χ3v) is 2.99. The number of hydrogen-bond donors (Lipinski definition) is 2. The monoisotopic (exact) mass is 186 g/mol. The van der Waals surface area contributed by atoms with Crippen LogP contribution in [0.25, 0.3) is 0 Å². The molecule has 2 unspecified atom stereocenters. The molecule has 0 amide bonds. The first-order valence-corrected chi connectivity index (χ1v) is 5.40. The van der Waals surface area contributed by atoms with E-state index in [0.717, 1.165) is 19.0 Å². The first kappa shape index (κ1) is 11.0. The molecule has 0 aromatic carbocycles. The number of likely N-dealkylation sites (tertiary alicyclic amines) is 1. The van der Waals surface area contributed by atoms with Crippen LogP contribution < -0.4 is 5.73 Å². The number of rotatable bonds is 5. The lowest BCUT2D eigenvalue weighted by Crippen LogP contribution is -2.33. The van der Waals surface area contributed by atoms with E-state index in [4.69, 9.17) is 5.73 Å². The van der Waals surface area contributed by atoms with E-state index in [9.17, 15) is 5.11 Å². The predicted octanol–water partition coefficient (Wildman–Crippen LogP) is 0.571. The smallest absolute Gasteiger partial charge is 0.0674 e. The fourth-order valence-corrected chi connectivity index (χ4v) is 2.08. The van der Waals surface area contributed by atoms with Gasteiger partial charge in [-0.3, -0.25) is 0 Å². The van der Waals surface area contributed by atoms with Gasteiger partial charge in [-0.25, -0.2) is 0 Å². The van der Waals surface area contributed by atoms with E-state index in [1.54, 1.807) is 0 Å². The van der Waals surface area contributed by atoms with Crippen molar-refractivity contribution in [2.45, 2.75) is 44.8 Å². The Morgan fingerprint density at radius 1 is 1.62 bits per heavy atom. The second-order valence-electron chi connectivity index (χ2n) is 3.92. The molecule has 13 heavy (non-hydrogen) atoms. The zero-order chi connectivity index (χ0) is 9.68. The molecule has 2 atom stereocenters. The largest absolute Gasteiger partial charge is 0.392 e. The lowest BCUT2D eigenvalue weighted by atomic mass is 10.1. The molecular weight excluding hydrogens is 164 g/mol. The van der Waals surface area contributed by atoms with Gasteiger partial charge in [0, 0.05) is 19.1 Å². The van der Waals surface area contributed by atoms with Crippen molar-refractivity contribution < 1.29 is 5.11 Å². The van der Waals surface area contributed by atoms with E-state index in [0.29, 0.717) is 6.54 Å². The second kappa shape index (κ2) is 5.58. The standard InChI is InChI=1S/C10H22N2O/c1-2-9-4-3-6-12(9)7-5-10(13)8-11/h9-10,13H,2-8,11H2,1H3. The quantitative estimate of drug-likeness (QED) is 0.660. The Morgan fingerprint density at radius 2 is 2.38 bits per heavy atom. The second-order valence-corrected chi connectivity index (χ2v) is 3.92. The molecule has 0 bridgehead atoms. The Morgan fingerprint density at radius 3 is 3.00 bits per heavy atom. The highest BCUT2D eigenvalue weighted by Crippen LogP contribution is 2.19. The minimum Gasteiger partial charge on any atom is -0.392 e. The summed E-state index contributed by atoms with van der Waals surface area (Å²) in [4.78, 5) is 2.48. The van der Waals surface area contributed by atoms with Crippen LogP contribution in [0, 0.1) is 0 Å². The summed E-state index contributed by atoms with van der Waals surface area (Å²) < 4.78 is 0. The number of hydrogen-bond acceptors (Lipinski definition) is 3. The lowest BCUT2D eigenvalue weighted by molar-refractivity contribution is 0.142. The maximum atomic E-state index is 9.33. The molecule has 0 saturated carbocycles. The molecule has 3 N–H and O–H groups in total. The van der Waals surface area contributed by atoms with Gasteiger partial charge in [0.25, 0.3) is 0 Å². The summed E-state index contributed by atoms with van der Waals surface area (Å²) in [6, 6.07) is 0.755. The van der Waals surface area contributed by atoms with Crippen LogP contribution in [0.1, 0.15) is 32.6 Å². The lowest BCUT2D eigenvalue weighted by Gasteiger charge is -2.24. The zero-order valence-electron chi connectivity index (χ0n) is 8.58. The molecule has 1 aliphatic rings. The minimum atomic E-state index is -0.307. The van der Waals surface area contributed by atoms with Crippen molar-refractivity contribution in [3.8, 4) is 0 Å². The van der Waals surface area contributed by atoms with E-state index in [1.165, 1.54) is 25.8 Å². The molecule has 1 saturated heterocycles. The average molecular weight is 186 g/mol. The van der Waals surface area contributed by atoms with E-state index >= 15 is 0 Å². The van der Waals surface area contributed by atoms with Gasteiger partial charge in [0.2, 0.25) is 0 Å². The van der Waals surface area contributed by atoms with Gasteiger partial charge in [0.05, 0.1) is 6.10 Å². The van der Waals surface area contributed by atoms with E-state index in [-0.39, 0.29) is 6.10 Å². The molecule has 1 fully saturated rings. The molecule has 0 aliphatic carbocycles. The van der Waals surface area contributed by atoms with Gasteiger partial charge in [-0.1, -0.05) is 6.92 Å². The SMILES string of the molecule is CCC1CCCN1CCC(O)CN. The summed E-state index contributed by atoms with van der Waals surface area (Å²) in [7, 11) is 0. The van der Waals surface area contributed by atoms with Crippen LogP contribution in [0.4, 0.5) is 0 Å². The van der Waals surface area contributed by atoms with Crippen LogP contribution in [-0.4, -0.2) is 41.8 Å². The number of aliphatic hydroxyl groups is 1. The van der Waals surface area contributed by atoms with E-state index < -0.39 is 0 Å². The summed E-state index contributed by atoms with van der Waals surface area (Å²) in [6.45, 7) is 4.85. The predicted molar refractivity (Wildman–Crippen MR) is 54.6 cm³/mol. The number of nitrogens with two attached hydrogens (primary N) is 1. The summed E-state index contributed by atoms with van der Waals surface area (Å²) in [5.74, 6) is 0. The fraction of sp³-hybridized carbons (Fsp3) is 1.00. The third-order valence-electron chi connectivity index (χ3n) is 2.99. The van der Waals surface area contributed by atoms with Gasteiger partial charge >= 0.3 is 0 Å². The van der Waals surface area contributed by atoms with Crippen LogP contribution >= 0.6 is 0 Å². The van der Waals surface area contributed by atoms with Crippen LogP contribution in [-0.2, 0) is 0 Å². The fourth-order valence-electron chi connectivity index (χ4n) is 2.08. The highest BCUT2D eigenvalue weighted by molar-refractivity contribution is 4.78. The minimum absolute atomic E-state index is 0.307. The number of aliphatic hydroxyl groups excluding tert-OH is 1. The summed E-state index contributed by atoms with van der Waals surface area (Å²) >= 11 is 0. The van der Waals surface area contributed by atoms with Crippen molar-refractivity contribution in [1.82, 2.24) is 4.90 Å². The topological polar surface area (TPSA) is 49.5 Å². The molecule has 3 heteroatoms. The zero-order valence-corrected chi connectivity index (χ0v) is 8.58. The Bertz CT molecular complexity index is 141. The van der Waals surface area contributed by atoms with Crippen molar-refractivity contribution in [3.05, 3.63) is 0 Å². The molecule has 0 radical (unpaired) electrons. The summed E-state index contributed by atoms with van der Waals surface area (Å²) in [5, 5.41) is 9.33.